The summed E-state index contributed by atoms with van der Waals surface area (Å²) < 4.78 is 5.31. The predicted molar refractivity (Wildman–Crippen MR) is 88.0 cm³/mol. The number of carbonyl (C=O) groups excluding carboxylic acids is 1. The summed E-state index contributed by atoms with van der Waals surface area (Å²) in [5.74, 6) is 0.872. The molecule has 3 N–H and O–H groups in total. The number of benzene rings is 1. The summed E-state index contributed by atoms with van der Waals surface area (Å²) in [6.07, 6.45) is 0.858. The van der Waals surface area contributed by atoms with Crippen LogP contribution in [0.1, 0.15) is 38.3 Å². The quantitative estimate of drug-likeness (QED) is 0.725. The molecule has 0 heterocycles. The van der Waals surface area contributed by atoms with Crippen molar-refractivity contribution in [3.05, 3.63) is 29.3 Å². The van der Waals surface area contributed by atoms with Gasteiger partial charge >= 0.3 is 6.03 Å². The third-order valence-electron chi connectivity index (χ3n) is 4.16. The number of rotatable bonds is 7. The van der Waals surface area contributed by atoms with Crippen molar-refractivity contribution in [2.75, 3.05) is 13.7 Å². The molecule has 0 aliphatic carbocycles. The molecule has 22 heavy (non-hydrogen) atoms. The molecule has 1 rings (SSSR count). The molecule has 2 atom stereocenters. The third-order valence-corrected chi connectivity index (χ3v) is 4.16. The second-order valence-electron chi connectivity index (χ2n) is 6.02. The van der Waals surface area contributed by atoms with Crippen LogP contribution in [0.2, 0.25) is 0 Å². The summed E-state index contributed by atoms with van der Waals surface area (Å²) in [4.78, 5) is 11.9. The molecule has 1 aromatic rings. The van der Waals surface area contributed by atoms with Gasteiger partial charge in [-0.15, -0.1) is 0 Å². The van der Waals surface area contributed by atoms with Gasteiger partial charge < -0.3 is 20.5 Å². The van der Waals surface area contributed by atoms with Crippen LogP contribution in [-0.4, -0.2) is 30.4 Å². The zero-order valence-electron chi connectivity index (χ0n) is 14.2. The van der Waals surface area contributed by atoms with Crippen LogP contribution in [0.5, 0.6) is 5.75 Å². The summed E-state index contributed by atoms with van der Waals surface area (Å²) in [5.41, 5.74) is 1.11. The van der Waals surface area contributed by atoms with E-state index in [1.165, 1.54) is 0 Å². The highest BCUT2D eigenvalue weighted by molar-refractivity contribution is 5.74. The Morgan fingerprint density at radius 1 is 1.41 bits per heavy atom. The normalized spacial score (nSPS) is 14.8. The maximum absolute atomic E-state index is 11.9. The van der Waals surface area contributed by atoms with Crippen LogP contribution in [-0.2, 0) is 6.54 Å². The van der Waals surface area contributed by atoms with E-state index in [1.807, 2.05) is 39.0 Å². The first-order valence-corrected chi connectivity index (χ1v) is 7.67. The minimum Gasteiger partial charge on any atom is -0.496 e. The van der Waals surface area contributed by atoms with Gasteiger partial charge in [-0.25, -0.2) is 4.79 Å². The molecular formula is C17H28N2O3. The highest BCUT2D eigenvalue weighted by Crippen LogP contribution is 2.20. The molecule has 0 saturated carbocycles. The number of aryl methyl sites for hydroxylation is 1. The topological polar surface area (TPSA) is 70.6 Å². The van der Waals surface area contributed by atoms with Crippen LogP contribution in [0.15, 0.2) is 18.2 Å². The molecule has 124 valence electrons. The van der Waals surface area contributed by atoms with E-state index in [0.717, 1.165) is 23.3 Å². The fourth-order valence-corrected chi connectivity index (χ4v) is 2.11. The average Bonchev–Trinajstić information content (AvgIpc) is 2.50. The van der Waals surface area contributed by atoms with Gasteiger partial charge in [0, 0.05) is 18.7 Å². The Morgan fingerprint density at radius 3 is 2.68 bits per heavy atom. The van der Waals surface area contributed by atoms with Gasteiger partial charge in [0.25, 0.3) is 0 Å². The van der Waals surface area contributed by atoms with Gasteiger partial charge in [0.2, 0.25) is 0 Å². The standard InChI is InChI=1S/C17H28N2O3/c1-6-13(3)17(4,21)11-19-16(20)18-10-14-8-7-12(2)9-15(14)22-5/h7-9,13,21H,6,10-11H2,1-5H3,(H2,18,19,20). The fourth-order valence-electron chi connectivity index (χ4n) is 2.11. The Balaban J connectivity index is 2.50. The molecule has 5 heteroatoms. The van der Waals surface area contributed by atoms with Crippen molar-refractivity contribution >= 4 is 6.03 Å². The number of methoxy groups -OCH3 is 1. The molecule has 2 amide bonds. The number of carbonyl (C=O) groups is 1. The van der Waals surface area contributed by atoms with E-state index in [-0.39, 0.29) is 18.5 Å². The first kappa shape index (κ1) is 18.3. The highest BCUT2D eigenvalue weighted by Gasteiger charge is 2.27. The van der Waals surface area contributed by atoms with E-state index in [1.54, 1.807) is 14.0 Å². The molecule has 2 unspecified atom stereocenters. The minimum absolute atomic E-state index is 0.116. The van der Waals surface area contributed by atoms with Crippen LogP contribution in [0.4, 0.5) is 4.79 Å². The molecule has 5 nitrogen and oxygen atoms in total. The molecule has 0 fully saturated rings. The molecule has 0 spiro atoms. The van der Waals surface area contributed by atoms with Gasteiger partial charge in [-0.3, -0.25) is 0 Å². The second kappa shape index (κ2) is 8.03. The number of hydrogen-bond acceptors (Lipinski definition) is 3. The molecule has 0 saturated heterocycles. The number of amides is 2. The summed E-state index contributed by atoms with van der Waals surface area (Å²) in [7, 11) is 1.61. The van der Waals surface area contributed by atoms with E-state index >= 15 is 0 Å². The highest BCUT2D eigenvalue weighted by atomic mass is 16.5. The second-order valence-corrected chi connectivity index (χ2v) is 6.02. The SMILES string of the molecule is CCC(C)C(C)(O)CNC(=O)NCc1ccc(C)cc1OC. The maximum Gasteiger partial charge on any atom is 0.315 e. The van der Waals surface area contributed by atoms with Crippen molar-refractivity contribution in [2.45, 2.75) is 46.3 Å². The Morgan fingerprint density at radius 2 is 2.09 bits per heavy atom. The zero-order chi connectivity index (χ0) is 16.8. The number of aliphatic hydroxyl groups is 1. The van der Waals surface area contributed by atoms with E-state index in [2.05, 4.69) is 10.6 Å². The number of ether oxygens (including phenoxy) is 1. The van der Waals surface area contributed by atoms with E-state index in [9.17, 15) is 9.90 Å². The van der Waals surface area contributed by atoms with E-state index < -0.39 is 5.60 Å². The van der Waals surface area contributed by atoms with Crippen molar-refractivity contribution in [3.63, 3.8) is 0 Å². The molecule has 1 aromatic carbocycles. The summed E-state index contributed by atoms with van der Waals surface area (Å²) in [6.45, 7) is 8.31. The smallest absolute Gasteiger partial charge is 0.315 e. The van der Waals surface area contributed by atoms with Gasteiger partial charge in [-0.2, -0.15) is 0 Å². The van der Waals surface area contributed by atoms with Crippen molar-refractivity contribution in [1.82, 2.24) is 10.6 Å². The van der Waals surface area contributed by atoms with Gasteiger partial charge in [0.15, 0.2) is 0 Å². The molecule has 0 aliphatic rings. The summed E-state index contributed by atoms with van der Waals surface area (Å²) >= 11 is 0. The fraction of sp³-hybridized carbons (Fsp3) is 0.588. The van der Waals surface area contributed by atoms with Gasteiger partial charge in [-0.1, -0.05) is 32.4 Å². The lowest BCUT2D eigenvalue weighted by Crippen LogP contribution is -2.47. The summed E-state index contributed by atoms with van der Waals surface area (Å²) in [6, 6.07) is 5.54. The van der Waals surface area contributed by atoms with Crippen LogP contribution < -0.4 is 15.4 Å². The van der Waals surface area contributed by atoms with Gasteiger partial charge in [0.1, 0.15) is 5.75 Å². The average molecular weight is 308 g/mol. The Bertz CT molecular complexity index is 501. The lowest BCUT2D eigenvalue weighted by Gasteiger charge is -2.29. The third kappa shape index (κ3) is 5.22. The number of nitrogens with one attached hydrogen (secondary N) is 2. The van der Waals surface area contributed by atoms with Crippen molar-refractivity contribution in [2.24, 2.45) is 5.92 Å². The van der Waals surface area contributed by atoms with Gasteiger partial charge in [0.05, 0.1) is 12.7 Å². The lowest BCUT2D eigenvalue weighted by atomic mass is 9.89. The number of hydrogen-bond donors (Lipinski definition) is 3. The monoisotopic (exact) mass is 308 g/mol. The zero-order valence-corrected chi connectivity index (χ0v) is 14.2. The first-order chi connectivity index (χ1) is 10.3. The first-order valence-electron chi connectivity index (χ1n) is 7.67. The van der Waals surface area contributed by atoms with Crippen molar-refractivity contribution in [1.29, 1.82) is 0 Å². The van der Waals surface area contributed by atoms with Crippen LogP contribution in [0.25, 0.3) is 0 Å². The maximum atomic E-state index is 11.9. The lowest BCUT2D eigenvalue weighted by molar-refractivity contribution is 0.00790. The molecule has 0 bridgehead atoms. The van der Waals surface area contributed by atoms with Crippen molar-refractivity contribution < 1.29 is 14.6 Å². The van der Waals surface area contributed by atoms with Crippen LogP contribution >= 0.6 is 0 Å². The van der Waals surface area contributed by atoms with Crippen LogP contribution in [0.3, 0.4) is 0 Å². The van der Waals surface area contributed by atoms with E-state index in [4.69, 9.17) is 4.74 Å². The Kier molecular flexibility index (Phi) is 6.68. The van der Waals surface area contributed by atoms with Crippen molar-refractivity contribution in [3.8, 4) is 5.75 Å². The summed E-state index contributed by atoms with van der Waals surface area (Å²) in [5, 5.41) is 15.8. The van der Waals surface area contributed by atoms with Crippen LogP contribution in [0, 0.1) is 12.8 Å². The molecule has 0 radical (unpaired) electrons. The Hall–Kier alpha value is -1.75. The van der Waals surface area contributed by atoms with E-state index in [0.29, 0.717) is 6.54 Å². The van der Waals surface area contributed by atoms with Gasteiger partial charge in [-0.05, 0) is 31.4 Å². The predicted octanol–water partition coefficient (Wildman–Crippen LogP) is 2.60. The largest absolute Gasteiger partial charge is 0.496 e. The molecule has 0 aromatic heterocycles. The number of urea groups is 1. The minimum atomic E-state index is -0.909. The molecular weight excluding hydrogens is 280 g/mol. The molecule has 0 aliphatic heterocycles. The Labute approximate surface area is 133 Å².